The van der Waals surface area contributed by atoms with Crippen LogP contribution in [0.4, 0.5) is 0 Å². The highest BCUT2D eigenvalue weighted by molar-refractivity contribution is 5.80. The number of carbonyl (C=O) groups excluding carboxylic acids is 1. The van der Waals surface area contributed by atoms with Gasteiger partial charge in [-0.25, -0.2) is 0 Å². The van der Waals surface area contributed by atoms with Crippen molar-refractivity contribution in [3.63, 3.8) is 0 Å². The molecule has 0 aliphatic rings. The summed E-state index contributed by atoms with van der Waals surface area (Å²) in [4.78, 5) is 11.7. The van der Waals surface area contributed by atoms with E-state index in [4.69, 9.17) is 5.73 Å². The van der Waals surface area contributed by atoms with E-state index in [2.05, 4.69) is 38.1 Å². The molecule has 1 atom stereocenters. The van der Waals surface area contributed by atoms with Crippen molar-refractivity contribution in [2.75, 3.05) is 0 Å². The first-order valence-electron chi connectivity index (χ1n) is 6.35. The third-order valence-corrected chi connectivity index (χ3v) is 2.93. The van der Waals surface area contributed by atoms with Crippen molar-refractivity contribution in [1.29, 1.82) is 0 Å². The Balaban J connectivity index is 2.48. The molecule has 0 bridgehead atoms. The van der Waals surface area contributed by atoms with Crippen LogP contribution < -0.4 is 5.73 Å². The van der Waals surface area contributed by atoms with Crippen LogP contribution in [0.15, 0.2) is 24.3 Å². The largest absolute Gasteiger partial charge is 0.328 e. The summed E-state index contributed by atoms with van der Waals surface area (Å²) in [7, 11) is 0. The molecule has 0 heterocycles. The first-order chi connectivity index (χ1) is 7.99. The molecule has 1 aromatic carbocycles. The van der Waals surface area contributed by atoms with E-state index in [1.54, 1.807) is 0 Å². The molecule has 17 heavy (non-hydrogen) atoms. The molecule has 0 aliphatic carbocycles. The van der Waals surface area contributed by atoms with Crippen molar-refractivity contribution in [3.05, 3.63) is 35.4 Å². The molecule has 0 saturated carbocycles. The second-order valence-electron chi connectivity index (χ2n) is 5.13. The fourth-order valence-electron chi connectivity index (χ4n) is 1.73. The Morgan fingerprint density at radius 2 is 1.76 bits per heavy atom. The highest BCUT2D eigenvalue weighted by Gasteiger charge is 2.06. The van der Waals surface area contributed by atoms with Gasteiger partial charge >= 0.3 is 0 Å². The number of carbonyl (C=O) groups is 1. The molecular formula is C15H23NO. The quantitative estimate of drug-likeness (QED) is 0.820. The van der Waals surface area contributed by atoms with Gasteiger partial charge in [0.25, 0.3) is 0 Å². The van der Waals surface area contributed by atoms with Gasteiger partial charge in [-0.2, -0.15) is 0 Å². The van der Waals surface area contributed by atoms with Crippen LogP contribution in [0.2, 0.25) is 0 Å². The van der Waals surface area contributed by atoms with Crippen LogP contribution in [-0.4, -0.2) is 11.8 Å². The van der Waals surface area contributed by atoms with Crippen LogP contribution in [0.1, 0.15) is 50.7 Å². The maximum Gasteiger partial charge on any atom is 0.137 e. The van der Waals surface area contributed by atoms with Gasteiger partial charge in [0, 0.05) is 18.9 Å². The molecule has 1 rings (SSSR count). The maximum atomic E-state index is 11.7. The van der Waals surface area contributed by atoms with Crippen molar-refractivity contribution in [1.82, 2.24) is 0 Å². The predicted molar refractivity (Wildman–Crippen MR) is 72.1 cm³/mol. The molecule has 1 aromatic rings. The van der Waals surface area contributed by atoms with Crippen molar-refractivity contribution >= 4 is 5.78 Å². The Morgan fingerprint density at radius 3 is 2.24 bits per heavy atom. The SMILES string of the molecule is CC(N)CCC(=O)Cc1ccc(C(C)C)cc1. The fourth-order valence-corrected chi connectivity index (χ4v) is 1.73. The van der Waals surface area contributed by atoms with E-state index >= 15 is 0 Å². The second kappa shape index (κ2) is 6.55. The van der Waals surface area contributed by atoms with Gasteiger partial charge in [-0.15, -0.1) is 0 Å². The molecule has 1 unspecified atom stereocenters. The molecule has 0 radical (unpaired) electrons. The minimum absolute atomic E-state index is 0.113. The lowest BCUT2D eigenvalue weighted by atomic mass is 9.99. The van der Waals surface area contributed by atoms with Gasteiger partial charge in [0.05, 0.1) is 0 Å². The highest BCUT2D eigenvalue weighted by Crippen LogP contribution is 2.15. The lowest BCUT2D eigenvalue weighted by Crippen LogP contribution is -2.16. The summed E-state index contributed by atoms with van der Waals surface area (Å²) in [6.45, 7) is 6.27. The Kier molecular flexibility index (Phi) is 5.36. The molecule has 2 nitrogen and oxygen atoms in total. The van der Waals surface area contributed by atoms with Gasteiger partial charge in [-0.05, 0) is 30.4 Å². The summed E-state index contributed by atoms with van der Waals surface area (Å²) < 4.78 is 0. The van der Waals surface area contributed by atoms with E-state index in [9.17, 15) is 4.79 Å². The maximum absolute atomic E-state index is 11.7. The molecule has 94 valence electrons. The topological polar surface area (TPSA) is 43.1 Å². The Hall–Kier alpha value is -1.15. The summed E-state index contributed by atoms with van der Waals surface area (Å²) in [5.41, 5.74) is 8.05. The molecule has 0 saturated heterocycles. The Bertz CT molecular complexity index is 352. The number of benzene rings is 1. The molecule has 2 N–H and O–H groups in total. The van der Waals surface area contributed by atoms with Crippen LogP contribution in [0.25, 0.3) is 0 Å². The van der Waals surface area contributed by atoms with Crippen molar-refractivity contribution in [2.45, 2.75) is 52.0 Å². The van der Waals surface area contributed by atoms with Gasteiger partial charge in [0.15, 0.2) is 0 Å². The smallest absolute Gasteiger partial charge is 0.137 e. The first kappa shape index (κ1) is 13.9. The van der Waals surface area contributed by atoms with E-state index in [1.807, 2.05) is 6.92 Å². The van der Waals surface area contributed by atoms with Gasteiger partial charge in [-0.1, -0.05) is 38.1 Å². The van der Waals surface area contributed by atoms with Gasteiger partial charge in [0.2, 0.25) is 0 Å². The zero-order valence-electron chi connectivity index (χ0n) is 11.1. The number of hydrogen-bond acceptors (Lipinski definition) is 2. The van der Waals surface area contributed by atoms with E-state index in [0.29, 0.717) is 18.8 Å². The zero-order chi connectivity index (χ0) is 12.8. The van der Waals surface area contributed by atoms with Crippen molar-refractivity contribution < 1.29 is 4.79 Å². The molecule has 0 aromatic heterocycles. The number of Topliss-reactive ketones (excluding diaryl/α,β-unsaturated/α-hetero) is 1. The predicted octanol–water partition coefficient (Wildman–Crippen LogP) is 3.05. The Labute approximate surface area is 104 Å². The fraction of sp³-hybridized carbons (Fsp3) is 0.533. The standard InChI is InChI=1S/C15H23NO/c1-11(2)14-7-5-13(6-8-14)10-15(17)9-4-12(3)16/h5-8,11-12H,4,9-10,16H2,1-3H3. The van der Waals surface area contributed by atoms with E-state index in [0.717, 1.165) is 12.0 Å². The summed E-state index contributed by atoms with van der Waals surface area (Å²) >= 11 is 0. The third-order valence-electron chi connectivity index (χ3n) is 2.93. The van der Waals surface area contributed by atoms with Gasteiger partial charge in [0.1, 0.15) is 5.78 Å². The van der Waals surface area contributed by atoms with Crippen LogP contribution >= 0.6 is 0 Å². The van der Waals surface area contributed by atoms with E-state index in [1.165, 1.54) is 5.56 Å². The zero-order valence-corrected chi connectivity index (χ0v) is 11.1. The average molecular weight is 233 g/mol. The summed E-state index contributed by atoms with van der Waals surface area (Å²) in [5, 5.41) is 0. The summed E-state index contributed by atoms with van der Waals surface area (Å²) in [6, 6.07) is 8.44. The van der Waals surface area contributed by atoms with E-state index in [-0.39, 0.29) is 11.8 Å². The normalized spacial score (nSPS) is 12.8. The van der Waals surface area contributed by atoms with E-state index < -0.39 is 0 Å². The first-order valence-corrected chi connectivity index (χ1v) is 6.35. The minimum atomic E-state index is 0.113. The lowest BCUT2D eigenvalue weighted by Gasteiger charge is -2.07. The number of nitrogens with two attached hydrogens (primary N) is 1. The molecule has 0 spiro atoms. The van der Waals surface area contributed by atoms with Gasteiger partial charge < -0.3 is 5.73 Å². The third kappa shape index (κ3) is 5.14. The number of ketones is 1. The lowest BCUT2D eigenvalue weighted by molar-refractivity contribution is -0.118. The second-order valence-corrected chi connectivity index (χ2v) is 5.13. The number of hydrogen-bond donors (Lipinski definition) is 1. The average Bonchev–Trinajstić information content (AvgIpc) is 2.27. The molecule has 2 heteroatoms. The minimum Gasteiger partial charge on any atom is -0.328 e. The molecule has 0 amide bonds. The van der Waals surface area contributed by atoms with Crippen molar-refractivity contribution in [3.8, 4) is 0 Å². The number of rotatable bonds is 6. The Morgan fingerprint density at radius 1 is 1.18 bits per heavy atom. The summed E-state index contributed by atoms with van der Waals surface area (Å²) in [6.07, 6.45) is 1.90. The van der Waals surface area contributed by atoms with Crippen LogP contribution in [0, 0.1) is 0 Å². The monoisotopic (exact) mass is 233 g/mol. The van der Waals surface area contributed by atoms with Crippen LogP contribution in [0.3, 0.4) is 0 Å². The molecule has 0 aliphatic heterocycles. The molecule has 0 fully saturated rings. The van der Waals surface area contributed by atoms with Gasteiger partial charge in [-0.3, -0.25) is 4.79 Å². The molecular weight excluding hydrogens is 210 g/mol. The van der Waals surface area contributed by atoms with Crippen LogP contribution in [0.5, 0.6) is 0 Å². The van der Waals surface area contributed by atoms with Crippen LogP contribution in [-0.2, 0) is 11.2 Å². The van der Waals surface area contributed by atoms with Crippen molar-refractivity contribution in [2.24, 2.45) is 5.73 Å². The summed E-state index contributed by atoms with van der Waals surface area (Å²) in [5.74, 6) is 0.817. The highest BCUT2D eigenvalue weighted by atomic mass is 16.1.